The first-order chi connectivity index (χ1) is 6.50. The second-order valence-electron chi connectivity index (χ2n) is 2.32. The van der Waals surface area contributed by atoms with Gasteiger partial charge in [0.1, 0.15) is 0 Å². The van der Waals surface area contributed by atoms with Gasteiger partial charge in [0, 0.05) is 0 Å². The number of hydrogen-bond acceptors (Lipinski definition) is 4. The maximum Gasteiger partial charge on any atom is 0.425 e. The molecule has 0 aromatic heterocycles. The number of hydrogen-bond donors (Lipinski definition) is 1. The Morgan fingerprint density at radius 2 is 1.80 bits per heavy atom. The van der Waals surface area contributed by atoms with E-state index in [1.807, 2.05) is 0 Å². The lowest BCUT2D eigenvalue weighted by Gasteiger charge is -2.16. The summed E-state index contributed by atoms with van der Waals surface area (Å²) in [6.07, 6.45) is -5.72. The van der Waals surface area contributed by atoms with E-state index in [-0.39, 0.29) is 0 Å². The molecule has 0 saturated heterocycles. The largest absolute Gasteiger partial charge is 0.425 e. The van der Waals surface area contributed by atoms with Gasteiger partial charge in [0.05, 0.1) is 0 Å². The molecule has 0 aromatic carbocycles. The Morgan fingerprint density at radius 1 is 1.33 bits per heavy atom. The van der Waals surface area contributed by atoms with Gasteiger partial charge < -0.3 is 4.89 Å². The predicted octanol–water partition coefficient (Wildman–Crippen LogP) is 1.20. The zero-order valence-electron chi connectivity index (χ0n) is 6.38. The highest BCUT2D eigenvalue weighted by atomic mass is 32.2. The first kappa shape index (κ1) is 12.1. The predicted molar refractivity (Wildman–Crippen MR) is 31.7 cm³/mol. The smallest absolute Gasteiger partial charge is 0.301 e. The molecule has 1 aliphatic rings. The van der Waals surface area contributed by atoms with E-state index in [0.717, 1.165) is 0 Å². The molecular formula is C4HF5O5S. The minimum atomic E-state index is -6.00. The Balaban J connectivity index is 3.40. The van der Waals surface area contributed by atoms with Gasteiger partial charge in [-0.1, -0.05) is 0 Å². The molecule has 15 heavy (non-hydrogen) atoms. The minimum absolute atomic E-state index is 2.62. The van der Waals surface area contributed by atoms with Gasteiger partial charge in [-0.3, -0.25) is 4.55 Å². The van der Waals surface area contributed by atoms with Crippen molar-refractivity contribution in [1.82, 2.24) is 0 Å². The van der Waals surface area contributed by atoms with Crippen LogP contribution in [0.3, 0.4) is 0 Å². The molecule has 0 amide bonds. The molecule has 0 aliphatic carbocycles. The molecule has 0 bridgehead atoms. The standard InChI is InChI=1S/C4HF5O5S/c5-2-1(3(6,7)8)4(9,14-13-2)15(10,11)12/h(H,10,11,12). The molecular weight excluding hydrogens is 255 g/mol. The van der Waals surface area contributed by atoms with Gasteiger partial charge in [-0.2, -0.15) is 30.4 Å². The van der Waals surface area contributed by atoms with Gasteiger partial charge in [0.25, 0.3) is 0 Å². The quantitative estimate of drug-likeness (QED) is 0.433. The first-order valence-electron chi connectivity index (χ1n) is 2.99. The average molecular weight is 256 g/mol. The fourth-order valence-electron chi connectivity index (χ4n) is 0.744. The highest BCUT2D eigenvalue weighted by Crippen LogP contribution is 2.47. The summed E-state index contributed by atoms with van der Waals surface area (Å²) in [5.41, 5.74) is -2.91. The highest BCUT2D eigenvalue weighted by molar-refractivity contribution is 7.87. The summed E-state index contributed by atoms with van der Waals surface area (Å²) >= 11 is 0. The summed E-state index contributed by atoms with van der Waals surface area (Å²) in [6.45, 7) is 0. The summed E-state index contributed by atoms with van der Waals surface area (Å²) in [6, 6.07) is -2.62. The molecule has 1 atom stereocenters. The van der Waals surface area contributed by atoms with Crippen molar-refractivity contribution in [2.45, 2.75) is 11.4 Å². The van der Waals surface area contributed by atoms with Crippen LogP contribution in [0.4, 0.5) is 22.0 Å². The lowest BCUT2D eigenvalue weighted by atomic mass is 10.3. The van der Waals surface area contributed by atoms with Crippen molar-refractivity contribution in [3.05, 3.63) is 11.6 Å². The van der Waals surface area contributed by atoms with E-state index in [9.17, 15) is 30.4 Å². The third-order valence-corrected chi connectivity index (χ3v) is 2.27. The second-order valence-corrected chi connectivity index (χ2v) is 3.80. The van der Waals surface area contributed by atoms with E-state index in [4.69, 9.17) is 4.55 Å². The Bertz CT molecular complexity index is 410. The molecule has 1 aliphatic heterocycles. The number of alkyl halides is 4. The van der Waals surface area contributed by atoms with Crippen LogP contribution < -0.4 is 0 Å². The van der Waals surface area contributed by atoms with Crippen molar-refractivity contribution in [2.75, 3.05) is 0 Å². The summed E-state index contributed by atoms with van der Waals surface area (Å²) in [7, 11) is -6.00. The fourth-order valence-corrected chi connectivity index (χ4v) is 1.32. The van der Waals surface area contributed by atoms with Crippen LogP contribution in [0.25, 0.3) is 0 Å². The van der Waals surface area contributed by atoms with Crippen LogP contribution in [0.5, 0.6) is 0 Å². The average Bonchev–Trinajstić information content (AvgIpc) is 2.24. The molecule has 1 N–H and O–H groups in total. The third-order valence-electron chi connectivity index (χ3n) is 1.33. The van der Waals surface area contributed by atoms with Gasteiger partial charge >= 0.3 is 27.5 Å². The molecule has 11 heteroatoms. The van der Waals surface area contributed by atoms with Crippen LogP contribution in [0.15, 0.2) is 11.6 Å². The van der Waals surface area contributed by atoms with Gasteiger partial charge in [0.15, 0.2) is 5.57 Å². The Labute approximate surface area is 78.8 Å². The lowest BCUT2D eigenvalue weighted by Crippen LogP contribution is -2.40. The van der Waals surface area contributed by atoms with Crippen LogP contribution in [-0.2, 0) is 19.9 Å². The zero-order valence-corrected chi connectivity index (χ0v) is 7.19. The summed E-state index contributed by atoms with van der Waals surface area (Å²) < 4.78 is 89.8. The van der Waals surface area contributed by atoms with Crippen molar-refractivity contribution in [3.8, 4) is 0 Å². The lowest BCUT2D eigenvalue weighted by molar-refractivity contribution is -0.321. The van der Waals surface area contributed by atoms with Crippen LogP contribution in [0.2, 0.25) is 0 Å². The normalized spacial score (nSPS) is 28.1. The number of halogens is 5. The highest BCUT2D eigenvalue weighted by Gasteiger charge is 2.67. The van der Waals surface area contributed by atoms with E-state index >= 15 is 0 Å². The second kappa shape index (κ2) is 3.02. The van der Waals surface area contributed by atoms with Crippen LogP contribution in [0, 0.1) is 0 Å². The maximum atomic E-state index is 13.0. The Kier molecular flexibility index (Phi) is 2.45. The van der Waals surface area contributed by atoms with E-state index in [0.29, 0.717) is 0 Å². The first-order valence-corrected chi connectivity index (χ1v) is 4.43. The van der Waals surface area contributed by atoms with Gasteiger partial charge in [-0.15, -0.1) is 4.89 Å². The monoisotopic (exact) mass is 256 g/mol. The van der Waals surface area contributed by atoms with Crippen LogP contribution in [0.1, 0.15) is 0 Å². The topological polar surface area (TPSA) is 72.8 Å². The maximum absolute atomic E-state index is 13.0. The molecule has 1 unspecified atom stereocenters. The SMILES string of the molecule is O=S(=O)(O)C1(F)OOC(F)=C1C(F)(F)F. The van der Waals surface area contributed by atoms with E-state index < -0.39 is 33.1 Å². The van der Waals surface area contributed by atoms with Crippen LogP contribution >= 0.6 is 0 Å². The van der Waals surface area contributed by atoms with Gasteiger partial charge in [0.2, 0.25) is 0 Å². The van der Waals surface area contributed by atoms with Gasteiger partial charge in [-0.25, -0.2) is 0 Å². The molecule has 88 valence electrons. The van der Waals surface area contributed by atoms with E-state index in [2.05, 4.69) is 9.78 Å². The summed E-state index contributed by atoms with van der Waals surface area (Å²) in [5, 5.41) is -4.81. The van der Waals surface area contributed by atoms with Crippen molar-refractivity contribution in [3.63, 3.8) is 0 Å². The van der Waals surface area contributed by atoms with Crippen molar-refractivity contribution >= 4 is 10.1 Å². The molecule has 5 nitrogen and oxygen atoms in total. The minimum Gasteiger partial charge on any atom is -0.301 e. The van der Waals surface area contributed by atoms with E-state index in [1.54, 1.807) is 0 Å². The Hall–Kier alpha value is -0.940. The van der Waals surface area contributed by atoms with Gasteiger partial charge in [-0.05, 0) is 0 Å². The number of rotatable bonds is 1. The summed E-state index contributed by atoms with van der Waals surface area (Å²) in [4.78, 5) is 6.00. The summed E-state index contributed by atoms with van der Waals surface area (Å²) in [5.74, 6) is 0. The third kappa shape index (κ3) is 1.77. The van der Waals surface area contributed by atoms with Crippen LogP contribution in [-0.4, -0.2) is 24.3 Å². The molecule has 1 heterocycles. The van der Waals surface area contributed by atoms with E-state index in [1.165, 1.54) is 0 Å². The van der Waals surface area contributed by atoms with Crippen molar-refractivity contribution in [2.24, 2.45) is 0 Å². The molecule has 0 saturated carbocycles. The molecule has 1 rings (SSSR count). The van der Waals surface area contributed by atoms with Crippen molar-refractivity contribution in [1.29, 1.82) is 0 Å². The molecule has 0 radical (unpaired) electrons. The molecule has 0 aromatic rings. The zero-order chi connectivity index (χ0) is 12.1. The Morgan fingerprint density at radius 3 is 2.07 bits per heavy atom. The van der Waals surface area contributed by atoms with Crippen molar-refractivity contribution < 1.29 is 44.7 Å². The fraction of sp³-hybridized carbons (Fsp3) is 0.500. The molecule has 0 spiro atoms. The molecule has 0 fully saturated rings.